The maximum absolute atomic E-state index is 8.69. The smallest absolute Gasteiger partial charge is 0.197 e. The Hall–Kier alpha value is -0.830. The lowest BCUT2D eigenvalue weighted by Gasteiger charge is -1.87. The Labute approximate surface area is 65.1 Å². The summed E-state index contributed by atoms with van der Waals surface area (Å²) in [6.07, 6.45) is 2.77. The van der Waals surface area contributed by atoms with Crippen molar-refractivity contribution < 1.29 is 9.52 Å². The number of aliphatic hydroxyl groups excluding tert-OH is 1. The van der Waals surface area contributed by atoms with E-state index in [0.717, 1.165) is 5.89 Å². The largest absolute Gasteiger partial charge is 0.443 e. The SMILES string of the molecule is CC1CC1c1ncc(CO)o1. The molecule has 3 heteroatoms. The molecule has 0 bridgehead atoms. The van der Waals surface area contributed by atoms with Crippen LogP contribution in [-0.4, -0.2) is 10.1 Å². The van der Waals surface area contributed by atoms with Crippen LogP contribution in [0.4, 0.5) is 0 Å². The summed E-state index contributed by atoms with van der Waals surface area (Å²) in [6, 6.07) is 0. The van der Waals surface area contributed by atoms with Gasteiger partial charge in [-0.1, -0.05) is 6.92 Å². The van der Waals surface area contributed by atoms with E-state index in [1.54, 1.807) is 6.20 Å². The fourth-order valence-electron chi connectivity index (χ4n) is 1.23. The fraction of sp³-hybridized carbons (Fsp3) is 0.625. The van der Waals surface area contributed by atoms with Gasteiger partial charge in [0.15, 0.2) is 5.89 Å². The van der Waals surface area contributed by atoms with E-state index < -0.39 is 0 Å². The second-order valence-electron chi connectivity index (χ2n) is 3.14. The van der Waals surface area contributed by atoms with Gasteiger partial charge in [-0.3, -0.25) is 0 Å². The molecule has 0 spiro atoms. The fourth-order valence-corrected chi connectivity index (χ4v) is 1.23. The van der Waals surface area contributed by atoms with Gasteiger partial charge in [-0.05, 0) is 12.3 Å². The average Bonchev–Trinajstić information content (AvgIpc) is 2.59. The van der Waals surface area contributed by atoms with Gasteiger partial charge in [0.1, 0.15) is 12.4 Å². The van der Waals surface area contributed by atoms with Crippen molar-refractivity contribution in [2.75, 3.05) is 0 Å². The molecule has 0 radical (unpaired) electrons. The minimum absolute atomic E-state index is 0.0475. The molecule has 0 aromatic carbocycles. The maximum atomic E-state index is 8.69. The van der Waals surface area contributed by atoms with Crippen LogP contribution in [0.1, 0.15) is 30.9 Å². The summed E-state index contributed by atoms with van der Waals surface area (Å²) in [6.45, 7) is 2.13. The van der Waals surface area contributed by atoms with E-state index in [2.05, 4.69) is 11.9 Å². The predicted octanol–water partition coefficient (Wildman–Crippen LogP) is 1.29. The van der Waals surface area contributed by atoms with Crippen LogP contribution in [0.25, 0.3) is 0 Å². The summed E-state index contributed by atoms with van der Waals surface area (Å²) in [4.78, 5) is 4.07. The van der Waals surface area contributed by atoms with Crippen molar-refractivity contribution in [1.29, 1.82) is 0 Å². The van der Waals surface area contributed by atoms with Crippen LogP contribution in [0, 0.1) is 5.92 Å². The Morgan fingerprint density at radius 3 is 3.00 bits per heavy atom. The van der Waals surface area contributed by atoms with Crippen LogP contribution in [-0.2, 0) is 6.61 Å². The maximum Gasteiger partial charge on any atom is 0.197 e. The van der Waals surface area contributed by atoms with Gasteiger partial charge in [-0.15, -0.1) is 0 Å². The van der Waals surface area contributed by atoms with Crippen LogP contribution in [0.5, 0.6) is 0 Å². The van der Waals surface area contributed by atoms with Crippen molar-refractivity contribution in [2.45, 2.75) is 25.9 Å². The number of rotatable bonds is 2. The minimum atomic E-state index is -0.0475. The first-order valence-corrected chi connectivity index (χ1v) is 3.86. The zero-order valence-corrected chi connectivity index (χ0v) is 6.45. The molecule has 1 heterocycles. The monoisotopic (exact) mass is 153 g/mol. The zero-order chi connectivity index (χ0) is 7.84. The number of hydrogen-bond donors (Lipinski definition) is 1. The van der Waals surface area contributed by atoms with Crippen molar-refractivity contribution in [3.63, 3.8) is 0 Å². The molecular formula is C8H11NO2. The molecule has 0 amide bonds. The molecule has 2 atom stereocenters. The molecule has 2 rings (SSSR count). The molecule has 0 aliphatic heterocycles. The third kappa shape index (κ3) is 1.16. The summed E-state index contributed by atoms with van der Waals surface area (Å²) in [5.74, 6) is 2.58. The van der Waals surface area contributed by atoms with Crippen LogP contribution < -0.4 is 0 Å². The lowest BCUT2D eigenvalue weighted by atomic mass is 10.3. The highest BCUT2D eigenvalue weighted by Crippen LogP contribution is 2.46. The van der Waals surface area contributed by atoms with Crippen LogP contribution in [0.15, 0.2) is 10.6 Å². The Morgan fingerprint density at radius 1 is 1.82 bits per heavy atom. The average molecular weight is 153 g/mol. The standard InChI is InChI=1S/C8H11NO2/c1-5-2-7(5)8-9-3-6(4-10)11-8/h3,5,7,10H,2,4H2,1H3. The van der Waals surface area contributed by atoms with Gasteiger partial charge in [0.05, 0.1) is 6.20 Å². The highest BCUT2D eigenvalue weighted by Gasteiger charge is 2.37. The van der Waals surface area contributed by atoms with E-state index in [1.165, 1.54) is 6.42 Å². The lowest BCUT2D eigenvalue weighted by molar-refractivity contribution is 0.243. The van der Waals surface area contributed by atoms with Crippen molar-refractivity contribution in [2.24, 2.45) is 5.92 Å². The van der Waals surface area contributed by atoms with Gasteiger partial charge in [-0.2, -0.15) is 0 Å². The van der Waals surface area contributed by atoms with Gasteiger partial charge in [0.25, 0.3) is 0 Å². The molecule has 1 aliphatic rings. The summed E-state index contributed by atoms with van der Waals surface area (Å²) in [5, 5.41) is 8.69. The zero-order valence-electron chi connectivity index (χ0n) is 6.45. The third-order valence-corrected chi connectivity index (χ3v) is 2.15. The van der Waals surface area contributed by atoms with Gasteiger partial charge < -0.3 is 9.52 Å². The van der Waals surface area contributed by atoms with E-state index in [9.17, 15) is 0 Å². The topological polar surface area (TPSA) is 46.3 Å². The predicted molar refractivity (Wildman–Crippen MR) is 38.9 cm³/mol. The first kappa shape index (κ1) is 6.85. The third-order valence-electron chi connectivity index (χ3n) is 2.15. The number of nitrogens with zero attached hydrogens (tertiary/aromatic N) is 1. The highest BCUT2D eigenvalue weighted by molar-refractivity contribution is 5.07. The molecule has 2 unspecified atom stereocenters. The molecule has 60 valence electrons. The highest BCUT2D eigenvalue weighted by atomic mass is 16.4. The lowest BCUT2D eigenvalue weighted by Crippen LogP contribution is -1.78. The number of oxazole rings is 1. The molecule has 11 heavy (non-hydrogen) atoms. The molecule has 3 nitrogen and oxygen atoms in total. The normalized spacial score (nSPS) is 28.9. The molecule has 1 aromatic rings. The molecule has 1 aromatic heterocycles. The van der Waals surface area contributed by atoms with E-state index >= 15 is 0 Å². The van der Waals surface area contributed by atoms with E-state index in [-0.39, 0.29) is 6.61 Å². The van der Waals surface area contributed by atoms with Crippen molar-refractivity contribution >= 4 is 0 Å². The molecule has 1 fully saturated rings. The Bertz CT molecular complexity index is 256. The molecule has 1 N–H and O–H groups in total. The quantitative estimate of drug-likeness (QED) is 0.696. The van der Waals surface area contributed by atoms with Crippen LogP contribution in [0.3, 0.4) is 0 Å². The minimum Gasteiger partial charge on any atom is -0.443 e. The Kier molecular flexibility index (Phi) is 1.46. The molecule has 0 saturated heterocycles. The van der Waals surface area contributed by atoms with Gasteiger partial charge >= 0.3 is 0 Å². The number of aliphatic hydroxyl groups is 1. The summed E-state index contributed by atoms with van der Waals surface area (Å²) >= 11 is 0. The molecular weight excluding hydrogens is 142 g/mol. The van der Waals surface area contributed by atoms with Gasteiger partial charge in [-0.25, -0.2) is 4.98 Å². The molecule has 1 aliphatic carbocycles. The van der Waals surface area contributed by atoms with E-state index in [1.807, 2.05) is 0 Å². The van der Waals surface area contributed by atoms with Crippen LogP contribution >= 0.6 is 0 Å². The summed E-state index contributed by atoms with van der Waals surface area (Å²) < 4.78 is 5.27. The number of hydrogen-bond acceptors (Lipinski definition) is 3. The first-order chi connectivity index (χ1) is 5.31. The van der Waals surface area contributed by atoms with E-state index in [4.69, 9.17) is 9.52 Å². The number of aromatic nitrogens is 1. The van der Waals surface area contributed by atoms with Crippen LogP contribution in [0.2, 0.25) is 0 Å². The first-order valence-electron chi connectivity index (χ1n) is 3.86. The van der Waals surface area contributed by atoms with Crippen molar-refractivity contribution in [3.05, 3.63) is 17.8 Å². The Morgan fingerprint density at radius 2 is 2.55 bits per heavy atom. The molecule has 1 saturated carbocycles. The Balaban J connectivity index is 2.13. The second-order valence-corrected chi connectivity index (χ2v) is 3.14. The van der Waals surface area contributed by atoms with Crippen molar-refractivity contribution in [3.8, 4) is 0 Å². The van der Waals surface area contributed by atoms with Gasteiger partial charge in [0.2, 0.25) is 0 Å². The summed E-state index contributed by atoms with van der Waals surface area (Å²) in [5.41, 5.74) is 0. The summed E-state index contributed by atoms with van der Waals surface area (Å²) in [7, 11) is 0. The van der Waals surface area contributed by atoms with E-state index in [0.29, 0.717) is 17.6 Å². The van der Waals surface area contributed by atoms with Crippen molar-refractivity contribution in [1.82, 2.24) is 4.98 Å². The second kappa shape index (κ2) is 2.34. The van der Waals surface area contributed by atoms with Gasteiger partial charge in [0, 0.05) is 5.92 Å².